The zero-order valence-electron chi connectivity index (χ0n) is 9.82. The van der Waals surface area contributed by atoms with E-state index >= 15 is 0 Å². The molecule has 0 unspecified atom stereocenters. The van der Waals surface area contributed by atoms with Crippen LogP contribution < -0.4 is 5.43 Å². The van der Waals surface area contributed by atoms with Crippen molar-refractivity contribution in [2.45, 2.75) is 0 Å². The molecule has 0 atom stereocenters. The Labute approximate surface area is 120 Å². The average Bonchev–Trinajstić information content (AvgIpc) is 2.87. The van der Waals surface area contributed by atoms with Crippen LogP contribution >= 0.6 is 15.9 Å². The highest BCUT2D eigenvalue weighted by atomic mass is 79.9. The number of halogens is 1. The number of nitrogens with zero attached hydrogens (tertiary/aromatic N) is 3. The monoisotopic (exact) mass is 338 g/mol. The Morgan fingerprint density at radius 3 is 2.95 bits per heavy atom. The van der Waals surface area contributed by atoms with E-state index in [4.69, 9.17) is 4.42 Å². The summed E-state index contributed by atoms with van der Waals surface area (Å²) in [6.07, 6.45) is 4.09. The van der Waals surface area contributed by atoms with Crippen molar-refractivity contribution in [2.24, 2.45) is 5.10 Å². The summed E-state index contributed by atoms with van der Waals surface area (Å²) in [7, 11) is 0. The maximum absolute atomic E-state index is 11.7. The van der Waals surface area contributed by atoms with Crippen LogP contribution in [0.2, 0.25) is 0 Å². The first-order valence-corrected chi connectivity index (χ1v) is 6.04. The van der Waals surface area contributed by atoms with Crippen LogP contribution in [0.4, 0.5) is 5.88 Å². The van der Waals surface area contributed by atoms with Crippen LogP contribution in [0.3, 0.4) is 0 Å². The number of hydrazone groups is 1. The van der Waals surface area contributed by atoms with E-state index in [0.29, 0.717) is 10.0 Å². The molecule has 0 aromatic carbocycles. The number of amides is 1. The van der Waals surface area contributed by atoms with Crippen molar-refractivity contribution < 1.29 is 14.1 Å². The van der Waals surface area contributed by atoms with Crippen LogP contribution in [0.15, 0.2) is 44.6 Å². The SMILES string of the molecule is O=C(N/N=C/c1ccc([N+](=O)[O-])o1)c1cncc(Br)c1. The minimum absolute atomic E-state index is 0.157. The van der Waals surface area contributed by atoms with Gasteiger partial charge in [0, 0.05) is 16.9 Å². The summed E-state index contributed by atoms with van der Waals surface area (Å²) in [6.45, 7) is 0. The van der Waals surface area contributed by atoms with Crippen LogP contribution in [0, 0.1) is 10.1 Å². The van der Waals surface area contributed by atoms with E-state index in [1.165, 1.54) is 18.3 Å². The maximum Gasteiger partial charge on any atom is 0.433 e. The third-order valence-corrected chi connectivity index (χ3v) is 2.55. The first-order chi connectivity index (χ1) is 9.56. The molecule has 20 heavy (non-hydrogen) atoms. The summed E-state index contributed by atoms with van der Waals surface area (Å²) < 4.78 is 5.49. The number of hydrogen-bond donors (Lipinski definition) is 1. The van der Waals surface area contributed by atoms with Crippen LogP contribution in [-0.2, 0) is 0 Å². The molecule has 1 N–H and O–H groups in total. The van der Waals surface area contributed by atoms with Crippen LogP contribution in [-0.4, -0.2) is 22.0 Å². The van der Waals surface area contributed by atoms with Crippen molar-refractivity contribution >= 4 is 33.9 Å². The van der Waals surface area contributed by atoms with Crippen LogP contribution in [0.25, 0.3) is 0 Å². The van der Waals surface area contributed by atoms with E-state index in [2.05, 4.69) is 31.4 Å². The highest BCUT2D eigenvalue weighted by Gasteiger charge is 2.10. The van der Waals surface area contributed by atoms with E-state index < -0.39 is 16.7 Å². The first kappa shape index (κ1) is 13.9. The molecular formula is C11H7BrN4O4. The fourth-order valence-electron chi connectivity index (χ4n) is 1.26. The number of nitrogens with one attached hydrogen (secondary N) is 1. The lowest BCUT2D eigenvalue weighted by Gasteiger charge is -1.98. The van der Waals surface area contributed by atoms with Gasteiger partial charge in [0.2, 0.25) is 0 Å². The Balaban J connectivity index is 1.99. The molecule has 8 nitrogen and oxygen atoms in total. The van der Waals surface area contributed by atoms with Gasteiger partial charge in [0.25, 0.3) is 5.91 Å². The van der Waals surface area contributed by atoms with Crippen molar-refractivity contribution in [3.63, 3.8) is 0 Å². The van der Waals surface area contributed by atoms with Gasteiger partial charge in [-0.2, -0.15) is 5.10 Å². The van der Waals surface area contributed by atoms with E-state index in [9.17, 15) is 14.9 Å². The summed E-state index contributed by atoms with van der Waals surface area (Å²) in [4.78, 5) is 25.3. The quantitative estimate of drug-likeness (QED) is 0.521. The summed E-state index contributed by atoms with van der Waals surface area (Å²) in [6, 6.07) is 4.14. The molecule has 0 spiro atoms. The predicted octanol–water partition coefficient (Wildman–Crippen LogP) is 2.11. The number of carbonyl (C=O) groups excluding carboxylic acids is 1. The zero-order chi connectivity index (χ0) is 14.5. The van der Waals surface area contributed by atoms with Crippen molar-refractivity contribution in [2.75, 3.05) is 0 Å². The molecule has 0 aliphatic rings. The smallest absolute Gasteiger partial charge is 0.400 e. The lowest BCUT2D eigenvalue weighted by molar-refractivity contribution is -0.402. The molecule has 0 saturated carbocycles. The van der Waals surface area contributed by atoms with Gasteiger partial charge in [-0.25, -0.2) is 5.43 Å². The van der Waals surface area contributed by atoms with Crippen molar-refractivity contribution in [1.82, 2.24) is 10.4 Å². The average molecular weight is 339 g/mol. The molecule has 0 saturated heterocycles. The lowest BCUT2D eigenvalue weighted by Crippen LogP contribution is -2.17. The standard InChI is InChI=1S/C11H7BrN4O4/c12-8-3-7(4-13-5-8)11(17)15-14-6-9-1-2-10(20-9)16(18)19/h1-6H,(H,15,17)/b14-6+. The number of pyridine rings is 1. The minimum Gasteiger partial charge on any atom is -0.400 e. The third-order valence-electron chi connectivity index (χ3n) is 2.12. The summed E-state index contributed by atoms with van der Waals surface area (Å²) in [5, 5.41) is 14.0. The van der Waals surface area contributed by atoms with E-state index in [1.807, 2.05) is 0 Å². The Morgan fingerprint density at radius 1 is 1.50 bits per heavy atom. The highest BCUT2D eigenvalue weighted by Crippen LogP contribution is 2.13. The van der Waals surface area contributed by atoms with E-state index in [-0.39, 0.29) is 5.76 Å². The fraction of sp³-hybridized carbons (Fsp3) is 0. The number of nitro groups is 1. The first-order valence-electron chi connectivity index (χ1n) is 5.24. The molecule has 1 amide bonds. The highest BCUT2D eigenvalue weighted by molar-refractivity contribution is 9.10. The molecule has 0 aliphatic heterocycles. The predicted molar refractivity (Wildman–Crippen MR) is 72.4 cm³/mol. The molecule has 0 bridgehead atoms. The second-order valence-electron chi connectivity index (χ2n) is 3.52. The van der Waals surface area contributed by atoms with Crippen molar-refractivity contribution in [1.29, 1.82) is 0 Å². The zero-order valence-corrected chi connectivity index (χ0v) is 11.4. The fourth-order valence-corrected chi connectivity index (χ4v) is 1.63. The number of aromatic nitrogens is 1. The number of hydrogen-bond acceptors (Lipinski definition) is 6. The molecular weight excluding hydrogens is 332 g/mol. The number of carbonyl (C=O) groups is 1. The summed E-state index contributed by atoms with van der Waals surface area (Å²) in [5.41, 5.74) is 2.57. The Morgan fingerprint density at radius 2 is 2.30 bits per heavy atom. The molecule has 2 aromatic rings. The van der Waals surface area contributed by atoms with Gasteiger partial charge in [-0.3, -0.25) is 19.9 Å². The summed E-state index contributed by atoms with van der Waals surface area (Å²) in [5.74, 6) is -0.700. The molecule has 102 valence electrons. The summed E-state index contributed by atoms with van der Waals surface area (Å²) >= 11 is 3.19. The molecule has 2 heterocycles. The second-order valence-corrected chi connectivity index (χ2v) is 4.44. The Kier molecular flexibility index (Phi) is 4.20. The maximum atomic E-state index is 11.7. The van der Waals surface area contributed by atoms with E-state index in [1.54, 1.807) is 12.3 Å². The van der Waals surface area contributed by atoms with Gasteiger partial charge in [0.15, 0.2) is 5.76 Å². The van der Waals surface area contributed by atoms with Gasteiger partial charge in [-0.15, -0.1) is 0 Å². The Hall–Kier alpha value is -2.55. The Bertz CT molecular complexity index is 683. The van der Waals surface area contributed by atoms with Gasteiger partial charge in [0.05, 0.1) is 17.8 Å². The van der Waals surface area contributed by atoms with Crippen molar-refractivity contribution in [3.8, 4) is 0 Å². The van der Waals surface area contributed by atoms with Crippen LogP contribution in [0.5, 0.6) is 0 Å². The molecule has 9 heteroatoms. The van der Waals surface area contributed by atoms with Gasteiger partial charge < -0.3 is 4.42 Å². The third kappa shape index (κ3) is 3.48. The van der Waals surface area contributed by atoms with Crippen LogP contribution in [0.1, 0.15) is 16.1 Å². The molecule has 2 rings (SSSR count). The van der Waals surface area contributed by atoms with Gasteiger partial charge >= 0.3 is 5.88 Å². The number of furan rings is 1. The number of rotatable bonds is 4. The molecule has 0 radical (unpaired) electrons. The van der Waals surface area contributed by atoms with Gasteiger partial charge in [0.1, 0.15) is 4.92 Å². The molecule has 0 aliphatic carbocycles. The molecule has 0 fully saturated rings. The lowest BCUT2D eigenvalue weighted by atomic mass is 10.3. The van der Waals surface area contributed by atoms with Gasteiger partial charge in [-0.1, -0.05) is 0 Å². The minimum atomic E-state index is -0.664. The second kappa shape index (κ2) is 6.06. The van der Waals surface area contributed by atoms with Gasteiger partial charge in [-0.05, 0) is 28.1 Å². The van der Waals surface area contributed by atoms with E-state index in [0.717, 1.165) is 6.21 Å². The van der Waals surface area contributed by atoms with Crippen molar-refractivity contribution in [3.05, 3.63) is 56.5 Å². The topological polar surface area (TPSA) is 111 Å². The molecule has 2 aromatic heterocycles. The normalized spacial score (nSPS) is 10.7. The largest absolute Gasteiger partial charge is 0.433 e.